The maximum Gasteiger partial charge on any atom is 0.255 e. The van der Waals surface area contributed by atoms with Gasteiger partial charge in [-0.1, -0.05) is 34.1 Å². The number of halogens is 1. The number of benzene rings is 2. The number of carbonyl (C=O) groups excluding carboxylic acids is 2. The van der Waals surface area contributed by atoms with Gasteiger partial charge in [0.1, 0.15) is 11.5 Å². The fraction of sp³-hybridized carbons (Fsp3) is 0.263. The van der Waals surface area contributed by atoms with Crippen molar-refractivity contribution in [2.45, 2.75) is 26.3 Å². The molecule has 0 atom stereocenters. The van der Waals surface area contributed by atoms with Crippen LogP contribution in [0.1, 0.15) is 31.1 Å². The van der Waals surface area contributed by atoms with Gasteiger partial charge in [0, 0.05) is 10.0 Å². The van der Waals surface area contributed by atoms with E-state index >= 15 is 0 Å². The van der Waals surface area contributed by atoms with Crippen LogP contribution in [-0.2, 0) is 4.79 Å². The molecule has 2 N–H and O–H groups in total. The summed E-state index contributed by atoms with van der Waals surface area (Å²) in [6.45, 7) is 5.55. The van der Waals surface area contributed by atoms with Gasteiger partial charge in [0.05, 0.1) is 12.1 Å². The maximum atomic E-state index is 12.4. The minimum Gasteiger partial charge on any atom is -0.456 e. The lowest BCUT2D eigenvalue weighted by Gasteiger charge is -2.20. The van der Waals surface area contributed by atoms with E-state index in [1.807, 2.05) is 39.0 Å². The Morgan fingerprint density at radius 1 is 1.08 bits per heavy atom. The molecule has 0 aliphatic heterocycles. The summed E-state index contributed by atoms with van der Waals surface area (Å²) in [5.74, 6) is 0.426. The van der Waals surface area contributed by atoms with Crippen LogP contribution in [0.4, 0.5) is 0 Å². The number of hydrogen-bond donors (Lipinski definition) is 2. The van der Waals surface area contributed by atoms with Crippen molar-refractivity contribution < 1.29 is 14.3 Å². The van der Waals surface area contributed by atoms with Crippen molar-refractivity contribution in [1.82, 2.24) is 10.6 Å². The molecule has 0 spiro atoms. The quantitative estimate of drug-likeness (QED) is 0.793. The van der Waals surface area contributed by atoms with Crippen LogP contribution in [0.3, 0.4) is 0 Å². The van der Waals surface area contributed by atoms with Gasteiger partial charge in [-0.3, -0.25) is 9.59 Å². The summed E-state index contributed by atoms with van der Waals surface area (Å²) in [5.41, 5.74) is 0.0230. The summed E-state index contributed by atoms with van der Waals surface area (Å²) < 4.78 is 6.69. The number of ether oxygens (including phenoxy) is 1. The third-order valence-electron chi connectivity index (χ3n) is 3.08. The molecule has 2 aromatic rings. The van der Waals surface area contributed by atoms with Gasteiger partial charge in [-0.05, 0) is 51.1 Å². The van der Waals surface area contributed by atoms with E-state index < -0.39 is 0 Å². The molecular formula is C19H21BrN2O3. The second-order valence-corrected chi connectivity index (χ2v) is 7.45. The average molecular weight is 405 g/mol. The molecule has 0 aliphatic rings. The molecule has 0 fully saturated rings. The third kappa shape index (κ3) is 6.23. The SMILES string of the molecule is CC(C)(C)NC(=O)CNC(=O)c1ccccc1Oc1cccc(Br)c1. The first kappa shape index (κ1) is 19.0. The minimum atomic E-state index is -0.366. The molecule has 132 valence electrons. The molecule has 0 aliphatic carbocycles. The number of hydrogen-bond acceptors (Lipinski definition) is 3. The summed E-state index contributed by atoms with van der Waals surface area (Å²) in [4.78, 5) is 24.3. The van der Waals surface area contributed by atoms with Gasteiger partial charge in [-0.2, -0.15) is 0 Å². The van der Waals surface area contributed by atoms with Gasteiger partial charge in [-0.15, -0.1) is 0 Å². The summed E-state index contributed by atoms with van der Waals surface area (Å²) in [6, 6.07) is 14.3. The average Bonchev–Trinajstić information content (AvgIpc) is 2.51. The first-order chi connectivity index (χ1) is 11.7. The van der Waals surface area contributed by atoms with Crippen molar-refractivity contribution in [2.24, 2.45) is 0 Å². The standard InChI is InChI=1S/C19H21BrN2O3/c1-19(2,3)22-17(23)12-21-18(24)15-9-4-5-10-16(15)25-14-8-6-7-13(20)11-14/h4-11H,12H2,1-3H3,(H,21,24)(H,22,23). The third-order valence-corrected chi connectivity index (χ3v) is 3.57. The molecule has 2 rings (SSSR count). The molecular weight excluding hydrogens is 384 g/mol. The number of nitrogens with one attached hydrogen (secondary N) is 2. The van der Waals surface area contributed by atoms with Gasteiger partial charge in [0.2, 0.25) is 5.91 Å². The molecule has 25 heavy (non-hydrogen) atoms. The van der Waals surface area contributed by atoms with Crippen LogP contribution < -0.4 is 15.4 Å². The zero-order valence-electron chi connectivity index (χ0n) is 14.4. The van der Waals surface area contributed by atoms with E-state index in [0.717, 1.165) is 4.47 Å². The largest absolute Gasteiger partial charge is 0.456 e. The van der Waals surface area contributed by atoms with Crippen molar-refractivity contribution >= 4 is 27.7 Å². The van der Waals surface area contributed by atoms with Crippen molar-refractivity contribution in [2.75, 3.05) is 6.54 Å². The molecule has 0 saturated heterocycles. The second-order valence-electron chi connectivity index (χ2n) is 6.54. The lowest BCUT2D eigenvalue weighted by Crippen LogP contribution is -2.45. The first-order valence-electron chi connectivity index (χ1n) is 7.86. The van der Waals surface area contributed by atoms with Crippen molar-refractivity contribution in [1.29, 1.82) is 0 Å². The Morgan fingerprint density at radius 3 is 2.48 bits per heavy atom. The molecule has 5 nitrogen and oxygen atoms in total. The summed E-state index contributed by atoms with van der Waals surface area (Å²) in [6.07, 6.45) is 0. The van der Waals surface area contributed by atoms with Crippen LogP contribution >= 0.6 is 15.9 Å². The summed E-state index contributed by atoms with van der Waals surface area (Å²) in [7, 11) is 0. The van der Waals surface area contributed by atoms with E-state index in [0.29, 0.717) is 17.1 Å². The fourth-order valence-corrected chi connectivity index (χ4v) is 2.50. The van der Waals surface area contributed by atoms with Crippen LogP contribution in [0.25, 0.3) is 0 Å². The fourth-order valence-electron chi connectivity index (χ4n) is 2.12. The summed E-state index contributed by atoms with van der Waals surface area (Å²) in [5, 5.41) is 5.42. The number of carbonyl (C=O) groups is 2. The Hall–Kier alpha value is -2.34. The molecule has 0 saturated carbocycles. The van der Waals surface area contributed by atoms with E-state index in [1.165, 1.54) is 0 Å². The monoisotopic (exact) mass is 404 g/mol. The van der Waals surface area contributed by atoms with Crippen LogP contribution in [-0.4, -0.2) is 23.9 Å². The smallest absolute Gasteiger partial charge is 0.255 e. The Kier molecular flexibility index (Phi) is 6.20. The van der Waals surface area contributed by atoms with Crippen LogP contribution in [0.5, 0.6) is 11.5 Å². The van der Waals surface area contributed by atoms with Gasteiger partial charge in [0.25, 0.3) is 5.91 Å². The Labute approximate surface area is 155 Å². The molecule has 0 radical (unpaired) electrons. The Balaban J connectivity index is 2.06. The van der Waals surface area contributed by atoms with E-state index in [4.69, 9.17) is 4.74 Å². The predicted octanol–water partition coefficient (Wildman–Crippen LogP) is 3.89. The second kappa shape index (κ2) is 8.16. The minimum absolute atomic E-state index is 0.0959. The summed E-state index contributed by atoms with van der Waals surface area (Å²) >= 11 is 3.38. The zero-order valence-corrected chi connectivity index (χ0v) is 16.0. The van der Waals surface area contributed by atoms with Crippen molar-refractivity contribution in [3.8, 4) is 11.5 Å². The predicted molar refractivity (Wildman–Crippen MR) is 101 cm³/mol. The normalized spacial score (nSPS) is 10.9. The highest BCUT2D eigenvalue weighted by atomic mass is 79.9. The highest BCUT2D eigenvalue weighted by Gasteiger charge is 2.17. The van der Waals surface area contributed by atoms with Crippen LogP contribution in [0.2, 0.25) is 0 Å². The highest BCUT2D eigenvalue weighted by Crippen LogP contribution is 2.27. The van der Waals surface area contributed by atoms with Crippen molar-refractivity contribution in [3.05, 3.63) is 58.6 Å². The van der Waals surface area contributed by atoms with Gasteiger partial charge in [0.15, 0.2) is 0 Å². The van der Waals surface area contributed by atoms with Gasteiger partial charge in [-0.25, -0.2) is 0 Å². The molecule has 0 unspecified atom stereocenters. The van der Waals surface area contributed by atoms with Gasteiger partial charge < -0.3 is 15.4 Å². The van der Waals surface area contributed by atoms with E-state index in [1.54, 1.807) is 30.3 Å². The lowest BCUT2D eigenvalue weighted by atomic mass is 10.1. The van der Waals surface area contributed by atoms with Crippen molar-refractivity contribution in [3.63, 3.8) is 0 Å². The molecule has 2 amide bonds. The Bertz CT molecular complexity index is 769. The van der Waals surface area contributed by atoms with Gasteiger partial charge >= 0.3 is 0 Å². The van der Waals surface area contributed by atoms with Crippen LogP contribution in [0, 0.1) is 0 Å². The van der Waals surface area contributed by atoms with E-state index in [2.05, 4.69) is 26.6 Å². The van der Waals surface area contributed by atoms with E-state index in [-0.39, 0.29) is 23.9 Å². The molecule has 6 heteroatoms. The topological polar surface area (TPSA) is 67.4 Å². The number of amides is 2. The van der Waals surface area contributed by atoms with Crippen LogP contribution in [0.15, 0.2) is 53.0 Å². The molecule has 0 heterocycles. The molecule has 2 aromatic carbocycles. The maximum absolute atomic E-state index is 12.4. The Morgan fingerprint density at radius 2 is 1.80 bits per heavy atom. The molecule has 0 aromatic heterocycles. The number of para-hydroxylation sites is 1. The zero-order chi connectivity index (χ0) is 18.4. The first-order valence-corrected chi connectivity index (χ1v) is 8.65. The number of rotatable bonds is 5. The molecule has 0 bridgehead atoms. The van der Waals surface area contributed by atoms with E-state index in [9.17, 15) is 9.59 Å². The highest BCUT2D eigenvalue weighted by molar-refractivity contribution is 9.10. The lowest BCUT2D eigenvalue weighted by molar-refractivity contribution is -0.121.